The Balaban J connectivity index is 1.66. The fourth-order valence-corrected chi connectivity index (χ4v) is 3.42. The molecule has 0 bridgehead atoms. The number of carbonyl (C=O) groups excluding carboxylic acids is 1. The average molecular weight is 376 g/mol. The van der Waals surface area contributed by atoms with E-state index in [0.717, 1.165) is 16.8 Å². The Labute approximate surface area is 165 Å². The molecule has 2 aromatic carbocycles. The normalized spacial score (nSPS) is 21.1. The van der Waals surface area contributed by atoms with Gasteiger partial charge in [0.05, 0.1) is 26.3 Å². The van der Waals surface area contributed by atoms with Crippen molar-refractivity contribution < 1.29 is 14.3 Å². The molecule has 0 saturated carbocycles. The van der Waals surface area contributed by atoms with Gasteiger partial charge in [-0.25, -0.2) is 0 Å². The lowest BCUT2D eigenvalue weighted by atomic mass is 10.1. The number of ether oxygens (including phenoxy) is 2. The number of likely N-dealkylation sites (N-methyl/N-ethyl adjacent to an activating group) is 1. The zero-order valence-corrected chi connectivity index (χ0v) is 16.0. The van der Waals surface area contributed by atoms with Crippen molar-refractivity contribution in [2.75, 3.05) is 33.4 Å². The minimum absolute atomic E-state index is 0.0321. The largest absolute Gasteiger partial charge is 0.356 e. The average Bonchev–Trinajstić information content (AvgIpc) is 3.24. The van der Waals surface area contributed by atoms with Crippen molar-refractivity contribution in [1.82, 2.24) is 9.80 Å². The molecule has 1 amide bonds. The molecule has 2 fully saturated rings. The quantitative estimate of drug-likeness (QED) is 0.769. The standard InChI is InChI=1S/C23H24N2O3/c1-24-20(14-18-8-4-2-5-9-18)16-25(17-22-27-12-13-28-22)21(23(24)26)15-19-10-6-3-7-11-19/h2-11,14-15,22H,12-13,16-17H2,1H3/b20-14-,21-15-. The second-order valence-corrected chi connectivity index (χ2v) is 6.90. The van der Waals surface area contributed by atoms with Gasteiger partial charge in [-0.1, -0.05) is 60.7 Å². The molecule has 144 valence electrons. The Morgan fingerprint density at radius 3 is 2.11 bits per heavy atom. The van der Waals surface area contributed by atoms with Gasteiger partial charge >= 0.3 is 0 Å². The fraction of sp³-hybridized carbons (Fsp3) is 0.261. The van der Waals surface area contributed by atoms with Crippen molar-refractivity contribution in [3.8, 4) is 0 Å². The van der Waals surface area contributed by atoms with Crippen molar-refractivity contribution in [2.24, 2.45) is 0 Å². The number of rotatable bonds is 4. The SMILES string of the molecule is CN1C(=O)/C(=C/c2ccccc2)N(CC2OCCO2)C/C1=C/c1ccccc1. The van der Waals surface area contributed by atoms with E-state index in [4.69, 9.17) is 9.47 Å². The zero-order valence-electron chi connectivity index (χ0n) is 16.0. The Morgan fingerprint density at radius 1 is 0.929 bits per heavy atom. The molecule has 0 spiro atoms. The van der Waals surface area contributed by atoms with E-state index in [9.17, 15) is 4.79 Å². The van der Waals surface area contributed by atoms with E-state index in [2.05, 4.69) is 11.0 Å². The predicted octanol–water partition coefficient (Wildman–Crippen LogP) is 3.22. The summed E-state index contributed by atoms with van der Waals surface area (Å²) in [5, 5.41) is 0. The topological polar surface area (TPSA) is 42.0 Å². The van der Waals surface area contributed by atoms with Crippen molar-refractivity contribution in [3.63, 3.8) is 0 Å². The van der Waals surface area contributed by atoms with Crippen molar-refractivity contribution in [2.45, 2.75) is 6.29 Å². The number of hydrogen-bond donors (Lipinski definition) is 0. The Bertz CT molecular complexity index is 871. The van der Waals surface area contributed by atoms with Gasteiger partial charge in [-0.05, 0) is 23.3 Å². The van der Waals surface area contributed by atoms with Crippen LogP contribution in [-0.4, -0.2) is 55.3 Å². The summed E-state index contributed by atoms with van der Waals surface area (Å²) in [7, 11) is 1.83. The summed E-state index contributed by atoms with van der Waals surface area (Å²) in [5.74, 6) is -0.0321. The van der Waals surface area contributed by atoms with Gasteiger partial charge in [-0.3, -0.25) is 4.79 Å². The number of nitrogens with zero attached hydrogens (tertiary/aromatic N) is 2. The van der Waals surface area contributed by atoms with Crippen molar-refractivity contribution >= 4 is 18.1 Å². The van der Waals surface area contributed by atoms with Crippen LogP contribution in [-0.2, 0) is 14.3 Å². The zero-order chi connectivity index (χ0) is 19.3. The maximum Gasteiger partial charge on any atom is 0.274 e. The molecule has 2 heterocycles. The first-order valence-electron chi connectivity index (χ1n) is 9.49. The third-order valence-corrected chi connectivity index (χ3v) is 4.94. The molecule has 2 aliphatic heterocycles. The van der Waals surface area contributed by atoms with Gasteiger partial charge in [0.25, 0.3) is 5.91 Å². The molecule has 2 aromatic rings. The summed E-state index contributed by atoms with van der Waals surface area (Å²) in [4.78, 5) is 17.0. The van der Waals surface area contributed by atoms with Gasteiger partial charge < -0.3 is 19.3 Å². The highest BCUT2D eigenvalue weighted by Gasteiger charge is 2.32. The molecule has 2 saturated heterocycles. The maximum absolute atomic E-state index is 13.2. The van der Waals surface area contributed by atoms with Gasteiger partial charge in [0.2, 0.25) is 0 Å². The third-order valence-electron chi connectivity index (χ3n) is 4.94. The highest BCUT2D eigenvalue weighted by molar-refractivity contribution is 5.99. The summed E-state index contributed by atoms with van der Waals surface area (Å²) in [6.07, 6.45) is 3.68. The number of hydrogen-bond acceptors (Lipinski definition) is 4. The van der Waals surface area contributed by atoms with Gasteiger partial charge in [-0.15, -0.1) is 0 Å². The predicted molar refractivity (Wildman–Crippen MR) is 109 cm³/mol. The molecule has 0 radical (unpaired) electrons. The van der Waals surface area contributed by atoms with Gasteiger partial charge in [0.15, 0.2) is 6.29 Å². The first-order valence-corrected chi connectivity index (χ1v) is 9.49. The molecule has 0 N–H and O–H groups in total. The Hall–Kier alpha value is -2.89. The van der Waals surface area contributed by atoms with Crippen LogP contribution in [0, 0.1) is 0 Å². The fourth-order valence-electron chi connectivity index (χ4n) is 3.42. The van der Waals surface area contributed by atoms with E-state index in [1.165, 1.54) is 0 Å². The highest BCUT2D eigenvalue weighted by atomic mass is 16.7. The number of piperazine rings is 1. The second-order valence-electron chi connectivity index (χ2n) is 6.90. The molecule has 4 rings (SSSR count). The second kappa shape index (κ2) is 8.42. The molecule has 0 unspecified atom stereocenters. The Kier molecular flexibility index (Phi) is 5.55. The molecule has 2 aliphatic rings. The summed E-state index contributed by atoms with van der Waals surface area (Å²) < 4.78 is 11.3. The van der Waals surface area contributed by atoms with Crippen LogP contribution in [0.4, 0.5) is 0 Å². The van der Waals surface area contributed by atoms with E-state index in [-0.39, 0.29) is 12.2 Å². The minimum atomic E-state index is -0.312. The molecule has 0 aromatic heterocycles. The summed E-state index contributed by atoms with van der Waals surface area (Å²) in [5.41, 5.74) is 3.66. The number of amides is 1. The first kappa shape index (κ1) is 18.5. The molecule has 5 heteroatoms. The maximum atomic E-state index is 13.2. The summed E-state index contributed by atoms with van der Waals surface area (Å²) in [6.45, 7) is 2.32. The summed E-state index contributed by atoms with van der Waals surface area (Å²) in [6, 6.07) is 19.9. The van der Waals surface area contributed by atoms with Crippen LogP contribution in [0.1, 0.15) is 11.1 Å². The smallest absolute Gasteiger partial charge is 0.274 e. The first-order chi connectivity index (χ1) is 13.7. The van der Waals surface area contributed by atoms with Crippen LogP contribution in [0.5, 0.6) is 0 Å². The van der Waals surface area contributed by atoms with E-state index in [1.807, 2.05) is 73.8 Å². The molecule has 0 atom stereocenters. The molecule has 5 nitrogen and oxygen atoms in total. The number of benzene rings is 2. The summed E-state index contributed by atoms with van der Waals surface area (Å²) >= 11 is 0. The molecular formula is C23H24N2O3. The van der Waals surface area contributed by atoms with E-state index >= 15 is 0 Å². The van der Waals surface area contributed by atoms with Crippen LogP contribution >= 0.6 is 0 Å². The van der Waals surface area contributed by atoms with Crippen LogP contribution in [0.3, 0.4) is 0 Å². The van der Waals surface area contributed by atoms with Gasteiger partial charge in [0, 0.05) is 12.7 Å². The highest BCUT2D eigenvalue weighted by Crippen LogP contribution is 2.26. The molecule has 28 heavy (non-hydrogen) atoms. The lowest BCUT2D eigenvalue weighted by molar-refractivity contribution is -0.128. The monoisotopic (exact) mass is 376 g/mol. The van der Waals surface area contributed by atoms with Crippen molar-refractivity contribution in [3.05, 3.63) is 83.2 Å². The van der Waals surface area contributed by atoms with Gasteiger partial charge in [-0.2, -0.15) is 0 Å². The number of carbonyl (C=O) groups is 1. The third kappa shape index (κ3) is 4.16. The molecule has 0 aliphatic carbocycles. The molecular weight excluding hydrogens is 352 g/mol. The lowest BCUT2D eigenvalue weighted by Gasteiger charge is -2.38. The minimum Gasteiger partial charge on any atom is -0.356 e. The van der Waals surface area contributed by atoms with Crippen LogP contribution in [0.15, 0.2) is 72.1 Å². The van der Waals surface area contributed by atoms with E-state index in [1.54, 1.807) is 4.90 Å². The van der Waals surface area contributed by atoms with Crippen molar-refractivity contribution in [1.29, 1.82) is 0 Å². The van der Waals surface area contributed by atoms with Crippen LogP contribution in [0.25, 0.3) is 12.2 Å². The van der Waals surface area contributed by atoms with Gasteiger partial charge in [0.1, 0.15) is 5.70 Å². The Morgan fingerprint density at radius 2 is 1.50 bits per heavy atom. The lowest BCUT2D eigenvalue weighted by Crippen LogP contribution is -2.47. The van der Waals surface area contributed by atoms with E-state index in [0.29, 0.717) is 32.0 Å². The van der Waals surface area contributed by atoms with E-state index < -0.39 is 0 Å². The van der Waals surface area contributed by atoms with Crippen LogP contribution < -0.4 is 0 Å². The van der Waals surface area contributed by atoms with Crippen LogP contribution in [0.2, 0.25) is 0 Å².